The fraction of sp³-hybridized carbons (Fsp3) is 0.240. The minimum Gasteiger partial charge on any atom is -0.497 e. The van der Waals surface area contributed by atoms with Crippen LogP contribution in [0.1, 0.15) is 11.1 Å². The van der Waals surface area contributed by atoms with Crippen LogP contribution in [0.5, 0.6) is 11.5 Å². The third kappa shape index (κ3) is 5.64. The number of likely N-dealkylation sites (N-methyl/N-ethyl adjacent to an activating group) is 1. The Bertz CT molecular complexity index is 1190. The van der Waals surface area contributed by atoms with Crippen LogP contribution in [0.4, 0.5) is 5.69 Å². The number of amides is 1. The summed E-state index contributed by atoms with van der Waals surface area (Å²) < 4.78 is 38.7. The lowest BCUT2D eigenvalue weighted by Crippen LogP contribution is -2.41. The molecule has 174 valence electrons. The molecule has 0 radical (unpaired) electrons. The molecule has 0 aliphatic carbocycles. The van der Waals surface area contributed by atoms with Gasteiger partial charge in [0.2, 0.25) is 5.91 Å². The summed E-state index contributed by atoms with van der Waals surface area (Å²) in [6, 6.07) is 20.5. The van der Waals surface area contributed by atoms with Crippen LogP contribution in [-0.4, -0.2) is 47.0 Å². The molecule has 0 heterocycles. The zero-order valence-corrected chi connectivity index (χ0v) is 20.0. The summed E-state index contributed by atoms with van der Waals surface area (Å²) in [5.74, 6) is 0.898. The molecular formula is C25H28N2O5S. The number of nitrogens with zero attached hydrogens (tertiary/aromatic N) is 2. The van der Waals surface area contributed by atoms with E-state index in [-0.39, 0.29) is 23.9 Å². The summed E-state index contributed by atoms with van der Waals surface area (Å²) in [6.07, 6.45) is 0. The number of aryl methyl sites for hydroxylation is 1. The standard InChI is InChI=1S/C25H28N2O5S/c1-19-9-15-23(16-10-19)33(29,30)27(21-11-13-22(31-3)14-12-21)18-25(28)26(2)17-20-7-5-6-8-24(20)32-4/h5-16H,17-18H2,1-4H3. The van der Waals surface area contributed by atoms with Crippen LogP contribution in [0.25, 0.3) is 0 Å². The number of para-hydroxylation sites is 1. The second kappa shape index (κ2) is 10.4. The van der Waals surface area contributed by atoms with Crippen LogP contribution in [0.2, 0.25) is 0 Å². The van der Waals surface area contributed by atoms with Gasteiger partial charge in [0.05, 0.1) is 24.8 Å². The lowest BCUT2D eigenvalue weighted by molar-refractivity contribution is -0.128. The molecule has 0 unspecified atom stereocenters. The van der Waals surface area contributed by atoms with E-state index in [1.54, 1.807) is 62.7 Å². The molecule has 33 heavy (non-hydrogen) atoms. The molecule has 3 aromatic rings. The number of carbonyl (C=O) groups is 1. The van der Waals surface area contributed by atoms with Gasteiger partial charge in [0.25, 0.3) is 10.0 Å². The van der Waals surface area contributed by atoms with Crippen molar-refractivity contribution in [2.75, 3.05) is 32.1 Å². The van der Waals surface area contributed by atoms with Crippen LogP contribution < -0.4 is 13.8 Å². The van der Waals surface area contributed by atoms with Crippen LogP contribution in [-0.2, 0) is 21.4 Å². The van der Waals surface area contributed by atoms with Crippen molar-refractivity contribution < 1.29 is 22.7 Å². The van der Waals surface area contributed by atoms with E-state index < -0.39 is 10.0 Å². The van der Waals surface area contributed by atoms with E-state index in [0.29, 0.717) is 17.2 Å². The first-order valence-electron chi connectivity index (χ1n) is 10.4. The largest absolute Gasteiger partial charge is 0.497 e. The zero-order valence-electron chi connectivity index (χ0n) is 19.2. The predicted molar refractivity (Wildman–Crippen MR) is 128 cm³/mol. The Labute approximate surface area is 195 Å². The van der Waals surface area contributed by atoms with Crippen molar-refractivity contribution in [3.05, 3.63) is 83.9 Å². The van der Waals surface area contributed by atoms with Gasteiger partial charge in [-0.1, -0.05) is 35.9 Å². The lowest BCUT2D eigenvalue weighted by atomic mass is 10.2. The Balaban J connectivity index is 1.91. The van der Waals surface area contributed by atoms with E-state index in [0.717, 1.165) is 15.4 Å². The highest BCUT2D eigenvalue weighted by Gasteiger charge is 2.28. The average Bonchev–Trinajstić information content (AvgIpc) is 2.83. The van der Waals surface area contributed by atoms with Crippen molar-refractivity contribution in [1.82, 2.24) is 4.90 Å². The van der Waals surface area contributed by atoms with E-state index >= 15 is 0 Å². The molecule has 0 saturated heterocycles. The number of methoxy groups -OCH3 is 2. The van der Waals surface area contributed by atoms with Gasteiger partial charge in [0.15, 0.2) is 0 Å². The summed E-state index contributed by atoms with van der Waals surface area (Å²) in [7, 11) is 0.758. The smallest absolute Gasteiger partial charge is 0.264 e. The van der Waals surface area contributed by atoms with Gasteiger partial charge in [-0.3, -0.25) is 9.10 Å². The molecule has 7 nitrogen and oxygen atoms in total. The minimum atomic E-state index is -3.98. The average molecular weight is 469 g/mol. The Hall–Kier alpha value is -3.52. The number of hydrogen-bond acceptors (Lipinski definition) is 5. The summed E-state index contributed by atoms with van der Waals surface area (Å²) >= 11 is 0. The number of ether oxygens (including phenoxy) is 2. The van der Waals surface area contributed by atoms with E-state index in [1.165, 1.54) is 12.0 Å². The van der Waals surface area contributed by atoms with Crippen molar-refractivity contribution in [2.45, 2.75) is 18.4 Å². The number of hydrogen-bond donors (Lipinski definition) is 0. The highest BCUT2D eigenvalue weighted by Crippen LogP contribution is 2.26. The molecular weight excluding hydrogens is 440 g/mol. The Kier molecular flexibility index (Phi) is 7.60. The number of carbonyl (C=O) groups excluding carboxylic acids is 1. The fourth-order valence-electron chi connectivity index (χ4n) is 3.32. The maximum atomic E-state index is 13.5. The highest BCUT2D eigenvalue weighted by molar-refractivity contribution is 7.92. The molecule has 0 fully saturated rings. The van der Waals surface area contributed by atoms with Crippen molar-refractivity contribution in [2.24, 2.45) is 0 Å². The molecule has 8 heteroatoms. The van der Waals surface area contributed by atoms with Gasteiger partial charge in [-0.05, 0) is 49.4 Å². The van der Waals surface area contributed by atoms with Gasteiger partial charge in [-0.25, -0.2) is 8.42 Å². The van der Waals surface area contributed by atoms with Crippen molar-refractivity contribution in [1.29, 1.82) is 0 Å². The summed E-state index contributed by atoms with van der Waals surface area (Å²) in [4.78, 5) is 14.7. The number of rotatable bonds is 9. The SMILES string of the molecule is COc1ccc(N(CC(=O)N(C)Cc2ccccc2OC)S(=O)(=O)c2ccc(C)cc2)cc1. The summed E-state index contributed by atoms with van der Waals surface area (Å²) in [5, 5.41) is 0. The van der Waals surface area contributed by atoms with Gasteiger partial charge in [-0.15, -0.1) is 0 Å². The fourth-order valence-corrected chi connectivity index (χ4v) is 4.74. The van der Waals surface area contributed by atoms with Crippen molar-refractivity contribution >= 4 is 21.6 Å². The molecule has 0 N–H and O–H groups in total. The first-order valence-corrected chi connectivity index (χ1v) is 11.8. The van der Waals surface area contributed by atoms with E-state index in [4.69, 9.17) is 9.47 Å². The van der Waals surface area contributed by atoms with Gasteiger partial charge in [0.1, 0.15) is 18.0 Å². The summed E-state index contributed by atoms with van der Waals surface area (Å²) in [5.41, 5.74) is 2.14. The predicted octanol–water partition coefficient (Wildman–Crippen LogP) is 3.87. The van der Waals surface area contributed by atoms with Gasteiger partial charge in [-0.2, -0.15) is 0 Å². The normalized spacial score (nSPS) is 11.0. The van der Waals surface area contributed by atoms with Crippen molar-refractivity contribution in [3.8, 4) is 11.5 Å². The number of anilines is 1. The molecule has 0 aliphatic heterocycles. The van der Waals surface area contributed by atoms with Crippen molar-refractivity contribution in [3.63, 3.8) is 0 Å². The molecule has 3 aromatic carbocycles. The molecule has 0 atom stereocenters. The van der Waals surface area contributed by atoms with E-state index in [2.05, 4.69) is 0 Å². The zero-order chi connectivity index (χ0) is 24.0. The quantitative estimate of drug-likeness (QED) is 0.477. The number of benzene rings is 3. The highest BCUT2D eigenvalue weighted by atomic mass is 32.2. The minimum absolute atomic E-state index is 0.115. The second-order valence-electron chi connectivity index (χ2n) is 7.58. The third-order valence-electron chi connectivity index (χ3n) is 5.27. The first kappa shape index (κ1) is 24.1. The molecule has 0 bridgehead atoms. The van der Waals surface area contributed by atoms with Crippen LogP contribution in [0.15, 0.2) is 77.7 Å². The molecule has 0 spiro atoms. The van der Waals surface area contributed by atoms with Crippen LogP contribution >= 0.6 is 0 Å². The Morgan fingerprint density at radius 2 is 1.52 bits per heavy atom. The van der Waals surface area contributed by atoms with E-state index in [1.807, 2.05) is 31.2 Å². The summed E-state index contributed by atoms with van der Waals surface area (Å²) in [6.45, 7) is 1.81. The first-order chi connectivity index (χ1) is 15.8. The molecule has 3 rings (SSSR count). The monoisotopic (exact) mass is 468 g/mol. The van der Waals surface area contributed by atoms with E-state index in [9.17, 15) is 13.2 Å². The second-order valence-corrected chi connectivity index (χ2v) is 9.45. The Morgan fingerprint density at radius 1 is 0.879 bits per heavy atom. The molecule has 1 amide bonds. The topological polar surface area (TPSA) is 76.2 Å². The molecule has 0 aromatic heterocycles. The van der Waals surface area contributed by atoms with Gasteiger partial charge >= 0.3 is 0 Å². The van der Waals surface area contributed by atoms with Gasteiger partial charge < -0.3 is 14.4 Å². The van der Waals surface area contributed by atoms with Crippen LogP contribution in [0.3, 0.4) is 0 Å². The van der Waals surface area contributed by atoms with Crippen LogP contribution in [0, 0.1) is 6.92 Å². The lowest BCUT2D eigenvalue weighted by Gasteiger charge is -2.27. The molecule has 0 aliphatic rings. The Morgan fingerprint density at radius 3 is 2.12 bits per heavy atom. The van der Waals surface area contributed by atoms with Gasteiger partial charge in [0, 0.05) is 19.2 Å². The maximum Gasteiger partial charge on any atom is 0.264 e. The number of sulfonamides is 1. The third-order valence-corrected chi connectivity index (χ3v) is 7.06. The maximum absolute atomic E-state index is 13.5. The molecule has 0 saturated carbocycles.